The number of nitrogens with zero attached hydrogens (tertiary/aromatic N) is 1. The zero-order valence-corrected chi connectivity index (χ0v) is 12.5. The van der Waals surface area contributed by atoms with Gasteiger partial charge in [-0.3, -0.25) is 0 Å². The lowest BCUT2D eigenvalue weighted by molar-refractivity contribution is 0.0864. The molecule has 1 heterocycles. The van der Waals surface area contributed by atoms with Crippen LogP contribution in [0.1, 0.15) is 33.1 Å². The smallest absolute Gasteiger partial charge is 0.0156 e. The molecule has 2 aliphatic rings. The third kappa shape index (κ3) is 3.39. The van der Waals surface area contributed by atoms with Crippen LogP contribution in [-0.2, 0) is 0 Å². The highest BCUT2D eigenvalue weighted by atomic mass is 32.2. The van der Waals surface area contributed by atoms with Gasteiger partial charge in [0, 0.05) is 37.2 Å². The lowest BCUT2D eigenvalue weighted by Gasteiger charge is -2.46. The van der Waals surface area contributed by atoms with Crippen LogP contribution in [0.5, 0.6) is 0 Å². The van der Waals surface area contributed by atoms with Gasteiger partial charge in [0.1, 0.15) is 0 Å². The Balaban J connectivity index is 1.93. The molecule has 0 aromatic rings. The highest BCUT2D eigenvalue weighted by Gasteiger charge is 2.38. The predicted octanol–water partition coefficient (Wildman–Crippen LogP) is 2.45. The average Bonchev–Trinajstić information content (AvgIpc) is 2.29. The average molecular weight is 256 g/mol. The molecular formula is C14H28N2S. The molecule has 3 heteroatoms. The Morgan fingerprint density at radius 1 is 1.29 bits per heavy atom. The van der Waals surface area contributed by atoms with E-state index in [-0.39, 0.29) is 0 Å². The maximum Gasteiger partial charge on any atom is 0.0156 e. The van der Waals surface area contributed by atoms with Gasteiger partial charge < -0.3 is 10.2 Å². The molecular weight excluding hydrogens is 228 g/mol. The van der Waals surface area contributed by atoms with Gasteiger partial charge >= 0.3 is 0 Å². The molecule has 1 aliphatic heterocycles. The highest BCUT2D eigenvalue weighted by Crippen LogP contribution is 2.39. The molecule has 0 radical (unpaired) electrons. The van der Waals surface area contributed by atoms with E-state index in [1.165, 1.54) is 50.4 Å². The molecule has 2 nitrogen and oxygen atoms in total. The minimum Gasteiger partial charge on any atom is -0.316 e. The molecule has 2 fully saturated rings. The summed E-state index contributed by atoms with van der Waals surface area (Å²) in [5.74, 6) is 3.52. The summed E-state index contributed by atoms with van der Waals surface area (Å²) in [7, 11) is 2.15. The van der Waals surface area contributed by atoms with E-state index in [2.05, 4.69) is 42.9 Å². The fraction of sp³-hybridized carbons (Fsp3) is 1.00. The van der Waals surface area contributed by atoms with Gasteiger partial charge in [0.05, 0.1) is 0 Å². The van der Waals surface area contributed by atoms with Gasteiger partial charge in [0.2, 0.25) is 0 Å². The molecule has 0 amide bonds. The van der Waals surface area contributed by atoms with Gasteiger partial charge in [0.25, 0.3) is 0 Å². The van der Waals surface area contributed by atoms with Crippen molar-refractivity contribution in [2.45, 2.75) is 39.2 Å². The van der Waals surface area contributed by atoms with Crippen LogP contribution in [0, 0.1) is 11.3 Å². The second-order valence-corrected chi connectivity index (χ2v) is 7.54. The zero-order chi connectivity index (χ0) is 12.3. The van der Waals surface area contributed by atoms with Gasteiger partial charge in [-0.15, -0.1) is 0 Å². The summed E-state index contributed by atoms with van der Waals surface area (Å²) < 4.78 is 0. The fourth-order valence-corrected chi connectivity index (χ4v) is 4.70. The minimum absolute atomic E-state index is 0.474. The van der Waals surface area contributed by atoms with Crippen molar-refractivity contribution in [1.82, 2.24) is 10.2 Å². The van der Waals surface area contributed by atoms with E-state index in [9.17, 15) is 0 Å². The first kappa shape index (κ1) is 13.7. The Hall–Kier alpha value is 0.270. The number of thioether (sulfide) groups is 1. The molecule has 1 saturated heterocycles. The van der Waals surface area contributed by atoms with E-state index >= 15 is 0 Å². The van der Waals surface area contributed by atoms with Crippen molar-refractivity contribution in [3.8, 4) is 0 Å². The summed E-state index contributed by atoms with van der Waals surface area (Å²) in [4.78, 5) is 2.69. The van der Waals surface area contributed by atoms with Crippen molar-refractivity contribution in [1.29, 1.82) is 0 Å². The largest absolute Gasteiger partial charge is 0.316 e. The quantitative estimate of drug-likeness (QED) is 0.835. The summed E-state index contributed by atoms with van der Waals surface area (Å²) in [6.45, 7) is 8.80. The van der Waals surface area contributed by atoms with Crippen LogP contribution in [0.15, 0.2) is 0 Å². The summed E-state index contributed by atoms with van der Waals surface area (Å²) in [5.41, 5.74) is 0.474. The third-order valence-electron chi connectivity index (χ3n) is 4.62. The lowest BCUT2D eigenvalue weighted by atomic mass is 9.68. The fourth-order valence-electron chi connectivity index (χ4n) is 3.72. The van der Waals surface area contributed by atoms with Crippen molar-refractivity contribution in [3.63, 3.8) is 0 Å². The summed E-state index contributed by atoms with van der Waals surface area (Å²) in [5, 5.41) is 3.60. The van der Waals surface area contributed by atoms with Crippen molar-refractivity contribution in [3.05, 3.63) is 0 Å². The van der Waals surface area contributed by atoms with Crippen LogP contribution in [0.4, 0.5) is 0 Å². The molecule has 2 unspecified atom stereocenters. The molecule has 17 heavy (non-hydrogen) atoms. The number of nitrogens with one attached hydrogen (secondary N) is 1. The van der Waals surface area contributed by atoms with Gasteiger partial charge in [-0.2, -0.15) is 11.8 Å². The van der Waals surface area contributed by atoms with Gasteiger partial charge in [0.15, 0.2) is 0 Å². The Bertz CT molecular complexity index is 236. The molecule has 1 N–H and O–H groups in total. The van der Waals surface area contributed by atoms with Crippen LogP contribution >= 0.6 is 11.8 Å². The van der Waals surface area contributed by atoms with Crippen LogP contribution in [0.2, 0.25) is 0 Å². The second-order valence-electron chi connectivity index (χ2n) is 6.32. The standard InChI is InChI=1S/C14H28N2S/c1-14(2)6-4-5-12(13(14)15-3)11-16-7-9-17-10-8-16/h12-13,15H,4-11H2,1-3H3. The van der Waals surface area contributed by atoms with Crippen molar-refractivity contribution < 1.29 is 0 Å². The van der Waals surface area contributed by atoms with Crippen LogP contribution in [0.3, 0.4) is 0 Å². The van der Waals surface area contributed by atoms with E-state index in [0.29, 0.717) is 11.5 Å². The molecule has 2 atom stereocenters. The molecule has 0 bridgehead atoms. The number of hydrogen-bond acceptors (Lipinski definition) is 3. The summed E-state index contributed by atoms with van der Waals surface area (Å²) in [6.07, 6.45) is 4.21. The Morgan fingerprint density at radius 3 is 2.65 bits per heavy atom. The Labute approximate surface area is 111 Å². The number of rotatable bonds is 3. The third-order valence-corrected chi connectivity index (χ3v) is 5.56. The Kier molecular flexibility index (Phi) is 4.79. The summed E-state index contributed by atoms with van der Waals surface area (Å²) >= 11 is 2.11. The first-order valence-corrected chi connectivity index (χ1v) is 8.26. The van der Waals surface area contributed by atoms with Crippen LogP contribution < -0.4 is 5.32 Å². The normalized spacial score (nSPS) is 34.8. The molecule has 2 rings (SSSR count). The molecule has 0 aromatic heterocycles. The van der Waals surface area contributed by atoms with E-state index in [1.54, 1.807) is 0 Å². The Morgan fingerprint density at radius 2 is 2.00 bits per heavy atom. The molecule has 100 valence electrons. The molecule has 0 spiro atoms. The monoisotopic (exact) mass is 256 g/mol. The van der Waals surface area contributed by atoms with Gasteiger partial charge in [-0.25, -0.2) is 0 Å². The van der Waals surface area contributed by atoms with Crippen LogP contribution in [0.25, 0.3) is 0 Å². The highest BCUT2D eigenvalue weighted by molar-refractivity contribution is 7.99. The first-order valence-electron chi connectivity index (χ1n) is 7.11. The van der Waals surface area contributed by atoms with Gasteiger partial charge in [-0.05, 0) is 31.2 Å². The maximum absolute atomic E-state index is 3.60. The molecule has 1 saturated carbocycles. The first-order chi connectivity index (χ1) is 8.13. The molecule has 0 aromatic carbocycles. The van der Waals surface area contributed by atoms with Crippen molar-refractivity contribution in [2.75, 3.05) is 38.2 Å². The van der Waals surface area contributed by atoms with E-state index < -0.39 is 0 Å². The minimum atomic E-state index is 0.474. The zero-order valence-electron chi connectivity index (χ0n) is 11.7. The SMILES string of the molecule is CNC1C(CN2CCSCC2)CCCC1(C)C. The van der Waals surface area contributed by atoms with E-state index in [4.69, 9.17) is 0 Å². The lowest BCUT2D eigenvalue weighted by Crippen LogP contribution is -2.52. The van der Waals surface area contributed by atoms with Crippen molar-refractivity contribution in [2.24, 2.45) is 11.3 Å². The number of hydrogen-bond donors (Lipinski definition) is 1. The van der Waals surface area contributed by atoms with E-state index in [1.807, 2.05) is 0 Å². The predicted molar refractivity (Wildman–Crippen MR) is 77.7 cm³/mol. The van der Waals surface area contributed by atoms with Gasteiger partial charge in [-0.1, -0.05) is 20.3 Å². The second kappa shape index (κ2) is 5.94. The summed E-state index contributed by atoms with van der Waals surface area (Å²) in [6, 6.07) is 0.700. The topological polar surface area (TPSA) is 15.3 Å². The van der Waals surface area contributed by atoms with Crippen LogP contribution in [-0.4, -0.2) is 49.1 Å². The maximum atomic E-state index is 3.60. The van der Waals surface area contributed by atoms with E-state index in [0.717, 1.165) is 5.92 Å². The van der Waals surface area contributed by atoms with Crippen molar-refractivity contribution >= 4 is 11.8 Å². The molecule has 1 aliphatic carbocycles.